The Morgan fingerprint density at radius 3 is 2.52 bits per heavy atom. The highest BCUT2D eigenvalue weighted by Crippen LogP contribution is 2.24. The first-order chi connectivity index (χ1) is 15.0. The minimum atomic E-state index is -0.272. The van der Waals surface area contributed by atoms with E-state index in [0.29, 0.717) is 23.7 Å². The van der Waals surface area contributed by atoms with Crippen molar-refractivity contribution in [1.82, 2.24) is 10.2 Å². The average Bonchev–Trinajstić information content (AvgIpc) is 3.18. The molecule has 0 fully saturated rings. The maximum absolute atomic E-state index is 12.6. The van der Waals surface area contributed by atoms with Gasteiger partial charge in [-0.15, -0.1) is 0 Å². The van der Waals surface area contributed by atoms with E-state index < -0.39 is 0 Å². The number of fused-ring (bicyclic) bond motifs is 1. The number of anilines is 1. The van der Waals surface area contributed by atoms with Crippen LogP contribution < -0.4 is 15.4 Å². The van der Waals surface area contributed by atoms with Crippen LogP contribution in [0.4, 0.5) is 5.69 Å². The Morgan fingerprint density at radius 2 is 1.77 bits per heavy atom. The molecule has 7 nitrogen and oxygen atoms in total. The van der Waals surface area contributed by atoms with Crippen molar-refractivity contribution in [2.75, 3.05) is 32.1 Å². The number of hydrogen-bond donors (Lipinski definition) is 2. The van der Waals surface area contributed by atoms with Crippen LogP contribution in [-0.4, -0.2) is 43.5 Å². The molecule has 0 unspecified atom stereocenters. The summed E-state index contributed by atoms with van der Waals surface area (Å²) in [5.41, 5.74) is 1.40. The summed E-state index contributed by atoms with van der Waals surface area (Å²) in [7, 11) is 1.56. The number of carbonyl (C=O) groups is 2. The van der Waals surface area contributed by atoms with Gasteiger partial charge in [-0.1, -0.05) is 37.3 Å². The van der Waals surface area contributed by atoms with E-state index in [2.05, 4.69) is 10.6 Å². The lowest BCUT2D eigenvalue weighted by Gasteiger charge is -2.22. The van der Waals surface area contributed by atoms with Crippen LogP contribution in [0.2, 0.25) is 0 Å². The molecule has 7 heteroatoms. The smallest absolute Gasteiger partial charge is 0.238 e. The number of carbonyl (C=O) groups excluding carboxylic acids is 2. The number of ether oxygens (including phenoxy) is 1. The zero-order chi connectivity index (χ0) is 22.2. The molecule has 2 N–H and O–H groups in total. The first-order valence-corrected chi connectivity index (χ1v) is 10.4. The molecule has 1 atom stereocenters. The third kappa shape index (κ3) is 6.08. The van der Waals surface area contributed by atoms with Crippen LogP contribution in [0.15, 0.2) is 59.0 Å². The lowest BCUT2D eigenvalue weighted by Crippen LogP contribution is -2.42. The van der Waals surface area contributed by atoms with Crippen molar-refractivity contribution in [3.8, 4) is 5.75 Å². The number of amides is 2. The molecule has 2 aromatic carbocycles. The number of nitrogens with one attached hydrogen (secondary N) is 2. The standard InChI is InChI=1S/C24H29N3O4/c1-4-13-27(16-24(29)26-19-10-6-8-12-21(19)30-3)15-23(28)25-17(2)22-14-18-9-5-7-11-20(18)31-22/h5-12,14,17H,4,13,15-16H2,1-3H3,(H,25,28)(H,26,29)/t17-/m1/s1. The minimum Gasteiger partial charge on any atom is -0.495 e. The van der Waals surface area contributed by atoms with Crippen molar-refractivity contribution in [3.63, 3.8) is 0 Å². The second-order valence-corrected chi connectivity index (χ2v) is 7.43. The third-order valence-electron chi connectivity index (χ3n) is 4.90. The van der Waals surface area contributed by atoms with Gasteiger partial charge >= 0.3 is 0 Å². The zero-order valence-corrected chi connectivity index (χ0v) is 18.2. The monoisotopic (exact) mass is 423 g/mol. The van der Waals surface area contributed by atoms with Gasteiger partial charge in [-0.3, -0.25) is 14.5 Å². The summed E-state index contributed by atoms with van der Waals surface area (Å²) in [5.74, 6) is 0.934. The highest BCUT2D eigenvalue weighted by Gasteiger charge is 2.18. The van der Waals surface area contributed by atoms with Crippen molar-refractivity contribution in [1.29, 1.82) is 0 Å². The average molecular weight is 424 g/mol. The van der Waals surface area contributed by atoms with Gasteiger partial charge in [-0.2, -0.15) is 0 Å². The number of para-hydroxylation sites is 3. The second kappa shape index (κ2) is 10.6. The Kier molecular flexibility index (Phi) is 7.67. The topological polar surface area (TPSA) is 83.8 Å². The van der Waals surface area contributed by atoms with Gasteiger partial charge in [-0.05, 0) is 44.2 Å². The zero-order valence-electron chi connectivity index (χ0n) is 18.2. The predicted molar refractivity (Wildman–Crippen MR) is 121 cm³/mol. The van der Waals surface area contributed by atoms with E-state index in [0.717, 1.165) is 17.4 Å². The summed E-state index contributed by atoms with van der Waals surface area (Å²) in [5, 5.41) is 6.81. The lowest BCUT2D eigenvalue weighted by molar-refractivity contribution is -0.124. The largest absolute Gasteiger partial charge is 0.495 e. The quantitative estimate of drug-likeness (QED) is 0.516. The van der Waals surface area contributed by atoms with Gasteiger partial charge in [0, 0.05) is 5.39 Å². The molecule has 3 aromatic rings. The highest BCUT2D eigenvalue weighted by atomic mass is 16.5. The molecular weight excluding hydrogens is 394 g/mol. The van der Waals surface area contributed by atoms with Crippen LogP contribution in [0.3, 0.4) is 0 Å². The Balaban J connectivity index is 1.56. The number of nitrogens with zero attached hydrogens (tertiary/aromatic N) is 1. The van der Waals surface area contributed by atoms with Crippen molar-refractivity contribution in [3.05, 3.63) is 60.4 Å². The summed E-state index contributed by atoms with van der Waals surface area (Å²) >= 11 is 0. The molecule has 0 aliphatic heterocycles. The number of furan rings is 1. The minimum absolute atomic E-state index is 0.109. The van der Waals surface area contributed by atoms with Crippen LogP contribution in [0.5, 0.6) is 5.75 Å². The Morgan fingerprint density at radius 1 is 1.06 bits per heavy atom. The molecule has 164 valence electrons. The fourth-order valence-electron chi connectivity index (χ4n) is 3.45. The highest BCUT2D eigenvalue weighted by molar-refractivity contribution is 5.94. The Bertz CT molecular complexity index is 997. The van der Waals surface area contributed by atoms with Gasteiger partial charge in [0.15, 0.2) is 0 Å². The normalized spacial score (nSPS) is 12.0. The van der Waals surface area contributed by atoms with Crippen LogP contribution in [0.25, 0.3) is 11.0 Å². The van der Waals surface area contributed by atoms with Gasteiger partial charge in [0.2, 0.25) is 11.8 Å². The molecule has 0 saturated heterocycles. The summed E-state index contributed by atoms with van der Waals surface area (Å²) in [6, 6.07) is 16.6. The molecule has 2 amide bonds. The molecule has 0 radical (unpaired) electrons. The van der Waals surface area contributed by atoms with Gasteiger partial charge in [0.25, 0.3) is 0 Å². The van der Waals surface area contributed by atoms with Gasteiger partial charge in [-0.25, -0.2) is 0 Å². The molecule has 1 aromatic heterocycles. The first kappa shape index (κ1) is 22.4. The maximum Gasteiger partial charge on any atom is 0.238 e. The van der Waals surface area contributed by atoms with Gasteiger partial charge in [0.05, 0.1) is 31.9 Å². The van der Waals surface area contributed by atoms with E-state index in [1.165, 1.54) is 0 Å². The molecule has 0 spiro atoms. The van der Waals surface area contributed by atoms with E-state index in [1.54, 1.807) is 19.2 Å². The molecular formula is C24H29N3O4. The first-order valence-electron chi connectivity index (χ1n) is 10.4. The van der Waals surface area contributed by atoms with E-state index in [1.807, 2.05) is 61.2 Å². The van der Waals surface area contributed by atoms with Crippen LogP contribution in [0, 0.1) is 0 Å². The SMILES string of the molecule is CCCN(CC(=O)Nc1ccccc1OC)CC(=O)N[C@H](C)c1cc2ccccc2o1. The molecule has 31 heavy (non-hydrogen) atoms. The molecule has 0 bridgehead atoms. The molecule has 0 saturated carbocycles. The summed E-state index contributed by atoms with van der Waals surface area (Å²) in [6.07, 6.45) is 0.828. The van der Waals surface area contributed by atoms with Gasteiger partial charge < -0.3 is 19.8 Å². The van der Waals surface area contributed by atoms with Crippen molar-refractivity contribution < 1.29 is 18.7 Å². The van der Waals surface area contributed by atoms with Crippen LogP contribution in [-0.2, 0) is 9.59 Å². The number of rotatable bonds is 10. The second-order valence-electron chi connectivity index (χ2n) is 7.43. The van der Waals surface area contributed by atoms with E-state index in [-0.39, 0.29) is 30.9 Å². The fraction of sp³-hybridized carbons (Fsp3) is 0.333. The molecule has 1 heterocycles. The molecule has 0 aliphatic rings. The lowest BCUT2D eigenvalue weighted by atomic mass is 10.2. The Labute approximate surface area is 182 Å². The van der Waals surface area contributed by atoms with Crippen LogP contribution in [0.1, 0.15) is 32.1 Å². The summed E-state index contributed by atoms with van der Waals surface area (Å²) < 4.78 is 11.1. The summed E-state index contributed by atoms with van der Waals surface area (Å²) in [4.78, 5) is 27.0. The van der Waals surface area contributed by atoms with E-state index in [9.17, 15) is 9.59 Å². The van der Waals surface area contributed by atoms with Crippen molar-refractivity contribution in [2.45, 2.75) is 26.3 Å². The molecule has 3 rings (SSSR count). The molecule has 0 aliphatic carbocycles. The Hall–Kier alpha value is -3.32. The van der Waals surface area contributed by atoms with Crippen molar-refractivity contribution >= 4 is 28.5 Å². The van der Waals surface area contributed by atoms with Crippen LogP contribution >= 0.6 is 0 Å². The number of methoxy groups -OCH3 is 1. The van der Waals surface area contributed by atoms with Gasteiger partial charge in [0.1, 0.15) is 17.1 Å². The van der Waals surface area contributed by atoms with Crippen molar-refractivity contribution in [2.24, 2.45) is 0 Å². The van der Waals surface area contributed by atoms with E-state index >= 15 is 0 Å². The number of benzene rings is 2. The third-order valence-corrected chi connectivity index (χ3v) is 4.90. The maximum atomic E-state index is 12.6. The fourth-order valence-corrected chi connectivity index (χ4v) is 3.45. The predicted octanol–water partition coefficient (Wildman–Crippen LogP) is 3.97. The van der Waals surface area contributed by atoms with E-state index in [4.69, 9.17) is 9.15 Å². The number of hydrogen-bond acceptors (Lipinski definition) is 5. The summed E-state index contributed by atoms with van der Waals surface area (Å²) in [6.45, 7) is 4.76.